The van der Waals surface area contributed by atoms with Crippen molar-refractivity contribution in [3.05, 3.63) is 44.2 Å². The summed E-state index contributed by atoms with van der Waals surface area (Å²) in [6.07, 6.45) is -0.249. The topological polar surface area (TPSA) is 87.2 Å². The third kappa shape index (κ3) is 6.21. The lowest BCUT2D eigenvalue weighted by Gasteiger charge is -2.46. The predicted molar refractivity (Wildman–Crippen MR) is 125 cm³/mol. The first-order valence-corrected chi connectivity index (χ1v) is 12.5. The minimum Gasteiger partial charge on any atom is -0.349 e. The van der Waals surface area contributed by atoms with Gasteiger partial charge in [-0.25, -0.2) is 4.98 Å². The molecule has 4 rings (SSSR count). The Morgan fingerprint density at radius 1 is 1.18 bits per heavy atom. The molecule has 178 valence electrons. The second kappa shape index (κ2) is 10.2. The molecule has 0 radical (unpaired) electrons. The van der Waals surface area contributed by atoms with Crippen LogP contribution >= 0.6 is 34.1 Å². The highest BCUT2D eigenvalue weighted by molar-refractivity contribution is 14.1. The maximum atomic E-state index is 12.8. The lowest BCUT2D eigenvalue weighted by atomic mass is 9.83. The summed E-state index contributed by atoms with van der Waals surface area (Å²) in [6.45, 7) is 1.24. The van der Waals surface area contributed by atoms with E-state index >= 15 is 0 Å². The van der Waals surface area contributed by atoms with Gasteiger partial charge in [-0.2, -0.15) is 17.5 Å². The molecule has 2 aromatic rings. The molecule has 1 aromatic heterocycles. The van der Waals surface area contributed by atoms with E-state index < -0.39 is 17.6 Å². The third-order valence-electron chi connectivity index (χ3n) is 6.13. The van der Waals surface area contributed by atoms with E-state index in [0.717, 1.165) is 59.7 Å². The van der Waals surface area contributed by atoms with E-state index in [4.69, 9.17) is 0 Å². The summed E-state index contributed by atoms with van der Waals surface area (Å²) in [5, 5.41) is 5.25. The number of carbonyl (C=O) groups is 2. The molecule has 2 amide bonds. The predicted octanol–water partition coefficient (Wildman–Crippen LogP) is 3.42. The molecule has 12 heteroatoms. The fourth-order valence-electron chi connectivity index (χ4n) is 4.36. The van der Waals surface area contributed by atoms with Crippen molar-refractivity contribution in [1.29, 1.82) is 0 Å². The van der Waals surface area contributed by atoms with Crippen LogP contribution in [0.4, 0.5) is 13.2 Å². The molecule has 2 N–H and O–H groups in total. The molecule has 0 atom stereocenters. The fourth-order valence-corrected chi connectivity index (χ4v) is 5.40. The Morgan fingerprint density at radius 3 is 2.55 bits per heavy atom. The number of rotatable bonds is 6. The number of hydrogen-bond acceptors (Lipinski definition) is 6. The van der Waals surface area contributed by atoms with Gasteiger partial charge < -0.3 is 10.6 Å². The lowest BCUT2D eigenvalue weighted by Crippen LogP contribution is -2.63. The van der Waals surface area contributed by atoms with Crippen LogP contribution in [0, 0.1) is 3.01 Å². The first kappa shape index (κ1) is 24.3. The molecule has 2 aliphatic rings. The zero-order valence-electron chi connectivity index (χ0n) is 17.6. The molecule has 0 spiro atoms. The number of nitrogens with one attached hydrogen (secondary N) is 2. The van der Waals surface area contributed by atoms with Gasteiger partial charge in [-0.1, -0.05) is 6.07 Å². The average Bonchev–Trinajstić information content (AvgIpc) is 3.20. The first-order chi connectivity index (χ1) is 15.7. The first-order valence-electron chi connectivity index (χ1n) is 10.7. The number of carbonyl (C=O) groups excluding carboxylic acids is 2. The smallest absolute Gasteiger partial charge is 0.349 e. The van der Waals surface area contributed by atoms with Crippen LogP contribution in [0.5, 0.6) is 0 Å². The van der Waals surface area contributed by atoms with E-state index in [1.165, 1.54) is 23.7 Å². The van der Waals surface area contributed by atoms with Crippen molar-refractivity contribution in [2.24, 2.45) is 0 Å². The quantitative estimate of drug-likeness (QED) is 0.502. The van der Waals surface area contributed by atoms with E-state index in [0.29, 0.717) is 12.0 Å². The Bertz CT molecular complexity index is 1000. The Morgan fingerprint density at radius 2 is 1.91 bits per heavy atom. The van der Waals surface area contributed by atoms with Crippen LogP contribution in [0.2, 0.25) is 0 Å². The molecule has 1 saturated heterocycles. The summed E-state index contributed by atoms with van der Waals surface area (Å²) in [7, 11) is 0. The molecule has 1 aliphatic carbocycles. The number of amides is 2. The maximum absolute atomic E-state index is 12.8. The van der Waals surface area contributed by atoms with Gasteiger partial charge in [0.25, 0.3) is 5.91 Å². The molecule has 0 bridgehead atoms. The fraction of sp³-hybridized carbons (Fsp3) is 0.524. The number of benzene rings is 1. The normalized spacial score (nSPS) is 21.9. The molecule has 7 nitrogen and oxygen atoms in total. The molecule has 2 heterocycles. The van der Waals surface area contributed by atoms with Gasteiger partial charge in [0.05, 0.1) is 18.2 Å². The van der Waals surface area contributed by atoms with Gasteiger partial charge in [0, 0.05) is 30.6 Å². The molecule has 2 fully saturated rings. The van der Waals surface area contributed by atoms with Crippen molar-refractivity contribution in [3.8, 4) is 0 Å². The zero-order valence-corrected chi connectivity index (χ0v) is 20.5. The minimum absolute atomic E-state index is 0.0162. The summed E-state index contributed by atoms with van der Waals surface area (Å²) in [4.78, 5) is 31.1. The van der Waals surface area contributed by atoms with Gasteiger partial charge >= 0.3 is 6.18 Å². The van der Waals surface area contributed by atoms with Crippen molar-refractivity contribution in [1.82, 2.24) is 24.9 Å². The van der Waals surface area contributed by atoms with Gasteiger partial charge in [-0.15, -0.1) is 0 Å². The van der Waals surface area contributed by atoms with E-state index in [-0.39, 0.29) is 24.1 Å². The van der Waals surface area contributed by atoms with Crippen molar-refractivity contribution >= 4 is 45.9 Å². The van der Waals surface area contributed by atoms with Crippen molar-refractivity contribution in [2.75, 3.05) is 19.6 Å². The zero-order chi connectivity index (χ0) is 23.6. The largest absolute Gasteiger partial charge is 0.416 e. The van der Waals surface area contributed by atoms with Crippen molar-refractivity contribution in [2.45, 2.75) is 49.9 Å². The highest BCUT2D eigenvalue weighted by Crippen LogP contribution is 2.35. The number of likely N-dealkylation sites (tertiary alicyclic amines) is 1. The highest BCUT2D eigenvalue weighted by Gasteiger charge is 2.36. The van der Waals surface area contributed by atoms with Crippen LogP contribution in [0.25, 0.3) is 0 Å². The standard InChI is InChI=1S/C21H23F3IN5O2S/c22-21(23,24)14-3-1-2-13(8-14)19(32)26-9-17(31)27-15-10-30(11-15)16-6-4-12(5-7-16)18-28-20(25)33-29-18/h1-3,8,12,15-16H,4-7,9-11H2,(H,26,32)(H,27,31). The van der Waals surface area contributed by atoms with Crippen LogP contribution in [0.1, 0.15) is 53.3 Å². The molecule has 33 heavy (non-hydrogen) atoms. The number of nitrogens with zero attached hydrogens (tertiary/aromatic N) is 3. The Balaban J connectivity index is 1.15. The van der Waals surface area contributed by atoms with Gasteiger partial charge in [-0.3, -0.25) is 14.5 Å². The Hall–Kier alpha value is -1.80. The summed E-state index contributed by atoms with van der Waals surface area (Å²) in [5.74, 6) is 0.322. The lowest BCUT2D eigenvalue weighted by molar-refractivity contribution is -0.137. The SMILES string of the molecule is O=C(CNC(=O)c1cccc(C(F)(F)F)c1)NC1CN(C2CCC(c3nsc(I)n3)CC2)C1. The van der Waals surface area contributed by atoms with E-state index in [2.05, 4.69) is 47.5 Å². The molecular weight excluding hydrogens is 570 g/mol. The van der Waals surface area contributed by atoms with Crippen molar-refractivity contribution < 1.29 is 22.8 Å². The highest BCUT2D eigenvalue weighted by atomic mass is 127. The number of halogens is 4. The molecular formula is C21H23F3IN5O2S. The Labute approximate surface area is 206 Å². The minimum atomic E-state index is -4.53. The van der Waals surface area contributed by atoms with Crippen LogP contribution in [0.3, 0.4) is 0 Å². The van der Waals surface area contributed by atoms with Crippen LogP contribution < -0.4 is 10.6 Å². The summed E-state index contributed by atoms with van der Waals surface area (Å²) in [5.41, 5.74) is -1.04. The van der Waals surface area contributed by atoms with Crippen LogP contribution in [0.15, 0.2) is 24.3 Å². The van der Waals surface area contributed by atoms with Crippen LogP contribution in [-0.4, -0.2) is 57.8 Å². The second-order valence-electron chi connectivity index (χ2n) is 8.39. The molecule has 1 aliphatic heterocycles. The summed E-state index contributed by atoms with van der Waals surface area (Å²) >= 11 is 3.63. The number of aromatic nitrogens is 2. The van der Waals surface area contributed by atoms with Gasteiger partial charge in [0.15, 0.2) is 3.01 Å². The monoisotopic (exact) mass is 593 g/mol. The average molecular weight is 593 g/mol. The van der Waals surface area contributed by atoms with E-state index in [1.807, 2.05) is 0 Å². The number of hydrogen-bond donors (Lipinski definition) is 2. The molecule has 1 saturated carbocycles. The Kier molecular flexibility index (Phi) is 7.53. The van der Waals surface area contributed by atoms with E-state index in [1.54, 1.807) is 0 Å². The maximum Gasteiger partial charge on any atom is 0.416 e. The summed E-state index contributed by atoms with van der Waals surface area (Å²) < 4.78 is 43.8. The van der Waals surface area contributed by atoms with Gasteiger partial charge in [-0.05, 0) is 78.0 Å². The second-order valence-corrected chi connectivity index (χ2v) is 10.9. The molecule has 1 aromatic carbocycles. The molecule has 0 unspecified atom stereocenters. The van der Waals surface area contributed by atoms with Gasteiger partial charge in [0.2, 0.25) is 5.91 Å². The number of alkyl halides is 3. The van der Waals surface area contributed by atoms with Gasteiger partial charge in [0.1, 0.15) is 5.82 Å². The van der Waals surface area contributed by atoms with Crippen molar-refractivity contribution in [3.63, 3.8) is 0 Å². The summed E-state index contributed by atoms with van der Waals surface area (Å²) in [6, 6.07) is 4.63. The van der Waals surface area contributed by atoms with Crippen LogP contribution in [-0.2, 0) is 11.0 Å². The van der Waals surface area contributed by atoms with E-state index in [9.17, 15) is 22.8 Å². The third-order valence-corrected chi connectivity index (χ3v) is 7.48.